The Balaban J connectivity index is 2.16. The molecule has 19 heavy (non-hydrogen) atoms. The molecule has 3 nitrogen and oxygen atoms in total. The summed E-state index contributed by atoms with van der Waals surface area (Å²) in [4.78, 5) is 6.85. The van der Waals surface area contributed by atoms with Crippen molar-refractivity contribution in [3.05, 3.63) is 23.8 Å². The van der Waals surface area contributed by atoms with Gasteiger partial charge in [0, 0.05) is 31.2 Å². The molecule has 0 aromatic heterocycles. The number of hydrogen-bond donors (Lipinski definition) is 1. The van der Waals surface area contributed by atoms with Crippen LogP contribution >= 0.6 is 11.8 Å². The zero-order chi connectivity index (χ0) is 14.0. The molecule has 0 spiro atoms. The van der Waals surface area contributed by atoms with E-state index in [-0.39, 0.29) is 0 Å². The average molecular weight is 277 g/mol. The van der Waals surface area contributed by atoms with Gasteiger partial charge in [-0.3, -0.25) is 4.99 Å². The van der Waals surface area contributed by atoms with Gasteiger partial charge in [0.2, 0.25) is 0 Å². The first-order chi connectivity index (χ1) is 8.97. The number of rotatable bonds is 2. The van der Waals surface area contributed by atoms with Gasteiger partial charge in [-0.25, -0.2) is 0 Å². The quantitative estimate of drug-likeness (QED) is 0.895. The van der Waals surface area contributed by atoms with E-state index in [9.17, 15) is 0 Å². The highest BCUT2D eigenvalue weighted by Crippen LogP contribution is 2.26. The predicted molar refractivity (Wildman–Crippen MR) is 87.6 cm³/mol. The summed E-state index contributed by atoms with van der Waals surface area (Å²) in [7, 11) is 4.14. The fourth-order valence-corrected chi connectivity index (χ4v) is 3.19. The molecule has 1 heterocycles. The Morgan fingerprint density at radius 2 is 2.05 bits per heavy atom. The average Bonchev–Trinajstić information content (AvgIpc) is 2.36. The van der Waals surface area contributed by atoms with Crippen LogP contribution in [0.5, 0.6) is 0 Å². The second kappa shape index (κ2) is 5.87. The highest BCUT2D eigenvalue weighted by molar-refractivity contribution is 8.14. The molecule has 1 aliphatic rings. The zero-order valence-corrected chi connectivity index (χ0v) is 13.2. The molecule has 0 saturated carbocycles. The van der Waals surface area contributed by atoms with Gasteiger partial charge in [0.1, 0.15) is 0 Å². The second-order valence-corrected chi connectivity index (χ2v) is 6.49. The molecule has 2 rings (SSSR count). The number of amidine groups is 1. The van der Waals surface area contributed by atoms with Crippen molar-refractivity contribution < 1.29 is 0 Å². The van der Waals surface area contributed by atoms with E-state index < -0.39 is 0 Å². The van der Waals surface area contributed by atoms with Crippen LogP contribution in [0.15, 0.2) is 23.2 Å². The first kappa shape index (κ1) is 14.3. The van der Waals surface area contributed by atoms with Crippen LogP contribution in [0.25, 0.3) is 0 Å². The standard InChI is InChI=1S/C15H23N3S/c1-10-6-7-13(8-14(10)18(4)5)17-15-16-12(3)11(2)9-19-15/h6-8,11-12H,9H2,1-5H3,(H,16,17). The minimum atomic E-state index is 0.405. The zero-order valence-electron chi connectivity index (χ0n) is 12.4. The molecule has 4 heteroatoms. The third-order valence-corrected chi connectivity index (χ3v) is 4.74. The van der Waals surface area contributed by atoms with E-state index in [2.05, 4.69) is 63.3 Å². The Bertz CT molecular complexity index is 482. The van der Waals surface area contributed by atoms with E-state index >= 15 is 0 Å². The summed E-state index contributed by atoms with van der Waals surface area (Å²) in [5, 5.41) is 4.48. The summed E-state index contributed by atoms with van der Waals surface area (Å²) in [6.07, 6.45) is 0. The maximum Gasteiger partial charge on any atom is 0.161 e. The summed E-state index contributed by atoms with van der Waals surface area (Å²) in [5.41, 5.74) is 3.64. The molecule has 0 amide bonds. The molecule has 1 N–H and O–H groups in total. The minimum Gasteiger partial charge on any atom is -0.377 e. The van der Waals surface area contributed by atoms with E-state index in [0.29, 0.717) is 12.0 Å². The largest absolute Gasteiger partial charge is 0.377 e. The Morgan fingerprint density at radius 3 is 2.68 bits per heavy atom. The molecule has 0 fully saturated rings. The highest BCUT2D eigenvalue weighted by Gasteiger charge is 2.19. The lowest BCUT2D eigenvalue weighted by Crippen LogP contribution is -2.25. The molecule has 0 aliphatic carbocycles. The van der Waals surface area contributed by atoms with E-state index in [4.69, 9.17) is 4.99 Å². The van der Waals surface area contributed by atoms with E-state index in [1.807, 2.05) is 11.8 Å². The summed E-state index contributed by atoms with van der Waals surface area (Å²) >= 11 is 1.81. The van der Waals surface area contributed by atoms with Crippen LogP contribution in [0, 0.1) is 12.8 Å². The lowest BCUT2D eigenvalue weighted by Gasteiger charge is -2.24. The number of anilines is 2. The molecule has 0 bridgehead atoms. The van der Waals surface area contributed by atoms with Gasteiger partial charge in [-0.2, -0.15) is 0 Å². The minimum absolute atomic E-state index is 0.405. The molecular formula is C15H23N3S. The number of benzene rings is 1. The lowest BCUT2D eigenvalue weighted by molar-refractivity contribution is 0.537. The smallest absolute Gasteiger partial charge is 0.161 e. The van der Waals surface area contributed by atoms with Crippen molar-refractivity contribution in [2.75, 3.05) is 30.1 Å². The van der Waals surface area contributed by atoms with Crippen molar-refractivity contribution in [2.45, 2.75) is 26.8 Å². The van der Waals surface area contributed by atoms with Crippen molar-refractivity contribution in [3.8, 4) is 0 Å². The second-order valence-electron chi connectivity index (χ2n) is 5.48. The molecule has 104 valence electrons. The number of nitrogens with one attached hydrogen (secondary N) is 1. The van der Waals surface area contributed by atoms with E-state index in [1.54, 1.807) is 0 Å². The van der Waals surface area contributed by atoms with E-state index in [0.717, 1.165) is 16.6 Å². The van der Waals surface area contributed by atoms with Crippen molar-refractivity contribution in [1.82, 2.24) is 0 Å². The van der Waals surface area contributed by atoms with Crippen molar-refractivity contribution in [1.29, 1.82) is 0 Å². The first-order valence-corrected chi connectivity index (χ1v) is 7.71. The van der Waals surface area contributed by atoms with Gasteiger partial charge in [-0.1, -0.05) is 24.8 Å². The molecule has 2 atom stereocenters. The number of nitrogens with zero attached hydrogens (tertiary/aromatic N) is 2. The van der Waals surface area contributed by atoms with Crippen LogP contribution in [-0.2, 0) is 0 Å². The van der Waals surface area contributed by atoms with Crippen molar-refractivity contribution in [3.63, 3.8) is 0 Å². The maximum atomic E-state index is 4.71. The van der Waals surface area contributed by atoms with Gasteiger partial charge in [0.15, 0.2) is 5.17 Å². The fraction of sp³-hybridized carbons (Fsp3) is 0.533. The Morgan fingerprint density at radius 1 is 1.32 bits per heavy atom. The normalized spacial score (nSPS) is 22.9. The number of hydrogen-bond acceptors (Lipinski definition) is 4. The molecule has 1 aliphatic heterocycles. The summed E-state index contributed by atoms with van der Waals surface area (Å²) < 4.78 is 0. The summed E-state index contributed by atoms with van der Waals surface area (Å²) in [6, 6.07) is 6.86. The number of aryl methyl sites for hydroxylation is 1. The topological polar surface area (TPSA) is 27.6 Å². The Labute approximate surface area is 120 Å². The SMILES string of the molecule is Cc1ccc(NC2=NC(C)C(C)CS2)cc1N(C)C. The third-order valence-electron chi connectivity index (χ3n) is 3.57. The summed E-state index contributed by atoms with van der Waals surface area (Å²) in [5.74, 6) is 1.80. The van der Waals surface area contributed by atoms with Crippen LogP contribution in [0.2, 0.25) is 0 Å². The van der Waals surface area contributed by atoms with Crippen LogP contribution in [0.3, 0.4) is 0 Å². The van der Waals surface area contributed by atoms with Gasteiger partial charge < -0.3 is 10.2 Å². The molecule has 0 saturated heterocycles. The summed E-state index contributed by atoms with van der Waals surface area (Å²) in [6.45, 7) is 6.58. The van der Waals surface area contributed by atoms with Gasteiger partial charge in [0.05, 0.1) is 6.04 Å². The van der Waals surface area contributed by atoms with Crippen LogP contribution < -0.4 is 10.2 Å². The van der Waals surface area contributed by atoms with Crippen molar-refractivity contribution in [2.24, 2.45) is 10.9 Å². The van der Waals surface area contributed by atoms with Gasteiger partial charge >= 0.3 is 0 Å². The van der Waals surface area contributed by atoms with Gasteiger partial charge in [-0.05, 0) is 37.5 Å². The van der Waals surface area contributed by atoms with Crippen molar-refractivity contribution >= 4 is 28.3 Å². The molecule has 2 unspecified atom stereocenters. The number of thioether (sulfide) groups is 1. The predicted octanol–water partition coefficient (Wildman–Crippen LogP) is 3.60. The highest BCUT2D eigenvalue weighted by atomic mass is 32.2. The Kier molecular flexibility index (Phi) is 4.40. The fourth-order valence-electron chi connectivity index (χ4n) is 2.06. The lowest BCUT2D eigenvalue weighted by atomic mass is 10.1. The molecule has 0 radical (unpaired) electrons. The van der Waals surface area contributed by atoms with Crippen LogP contribution in [0.1, 0.15) is 19.4 Å². The van der Waals surface area contributed by atoms with Gasteiger partial charge in [0.25, 0.3) is 0 Å². The monoisotopic (exact) mass is 277 g/mol. The van der Waals surface area contributed by atoms with Crippen LogP contribution in [0.4, 0.5) is 11.4 Å². The Hall–Kier alpha value is -1.16. The van der Waals surface area contributed by atoms with Gasteiger partial charge in [-0.15, -0.1) is 0 Å². The first-order valence-electron chi connectivity index (χ1n) is 6.73. The molecular weight excluding hydrogens is 254 g/mol. The molecule has 1 aromatic rings. The van der Waals surface area contributed by atoms with Crippen LogP contribution in [-0.4, -0.2) is 31.1 Å². The number of aliphatic imine (C=N–C) groups is 1. The van der Waals surface area contributed by atoms with E-state index in [1.165, 1.54) is 11.3 Å². The third kappa shape index (κ3) is 3.44. The molecule has 1 aromatic carbocycles. The maximum absolute atomic E-state index is 4.71.